The molecule has 1 atom stereocenters. The van der Waals surface area contributed by atoms with Crippen molar-refractivity contribution in [2.24, 2.45) is 0 Å². The summed E-state index contributed by atoms with van der Waals surface area (Å²) in [7, 11) is 0. The summed E-state index contributed by atoms with van der Waals surface area (Å²) >= 11 is 0. The fourth-order valence-electron chi connectivity index (χ4n) is 2.00. The van der Waals surface area contributed by atoms with E-state index in [2.05, 4.69) is 17.6 Å². The van der Waals surface area contributed by atoms with Crippen LogP contribution < -0.4 is 15.4 Å². The first kappa shape index (κ1) is 14.3. The molecule has 0 aromatic heterocycles. The van der Waals surface area contributed by atoms with Gasteiger partial charge < -0.3 is 15.2 Å². The molecule has 20 heavy (non-hydrogen) atoms. The van der Waals surface area contributed by atoms with E-state index >= 15 is 0 Å². The number of anilines is 1. The Morgan fingerprint density at radius 3 is 2.95 bits per heavy atom. The van der Waals surface area contributed by atoms with Crippen LogP contribution in [0.2, 0.25) is 0 Å². The third-order valence-electron chi connectivity index (χ3n) is 3.13. The summed E-state index contributed by atoms with van der Waals surface area (Å²) in [5.41, 5.74) is 1.34. The van der Waals surface area contributed by atoms with Crippen molar-refractivity contribution >= 4 is 17.4 Å². The van der Waals surface area contributed by atoms with Gasteiger partial charge >= 0.3 is 5.97 Å². The third-order valence-corrected chi connectivity index (χ3v) is 3.13. The molecule has 3 N–H and O–H groups in total. The summed E-state index contributed by atoms with van der Waals surface area (Å²) in [6.45, 7) is 2.56. The Morgan fingerprint density at radius 1 is 1.45 bits per heavy atom. The van der Waals surface area contributed by atoms with Gasteiger partial charge in [0.2, 0.25) is 0 Å². The summed E-state index contributed by atoms with van der Waals surface area (Å²) in [4.78, 5) is 22.3. The molecule has 0 aliphatic carbocycles. The first-order valence-electron chi connectivity index (χ1n) is 6.60. The molecular weight excluding hydrogens is 260 g/mol. The van der Waals surface area contributed by atoms with Crippen LogP contribution in [0.25, 0.3) is 0 Å². The van der Waals surface area contributed by atoms with Gasteiger partial charge in [-0.25, -0.2) is 0 Å². The lowest BCUT2D eigenvalue weighted by atomic mass is 10.1. The van der Waals surface area contributed by atoms with E-state index in [1.165, 1.54) is 0 Å². The van der Waals surface area contributed by atoms with Crippen LogP contribution >= 0.6 is 0 Å². The number of nitrogens with one attached hydrogen (secondary N) is 2. The number of hydrogen-bond acceptors (Lipinski definition) is 5. The maximum Gasteiger partial charge on any atom is 0.317 e. The number of carboxylic acid groups (broad SMARTS) is 1. The Balaban J connectivity index is 2.00. The van der Waals surface area contributed by atoms with Gasteiger partial charge in [0.15, 0.2) is 5.78 Å². The van der Waals surface area contributed by atoms with Gasteiger partial charge in [0, 0.05) is 5.56 Å². The van der Waals surface area contributed by atoms with Crippen LogP contribution in [-0.2, 0) is 4.79 Å². The highest BCUT2D eigenvalue weighted by molar-refractivity contribution is 5.99. The van der Waals surface area contributed by atoms with E-state index in [1.807, 2.05) is 0 Å². The molecule has 1 aliphatic heterocycles. The lowest BCUT2D eigenvalue weighted by Gasteiger charge is -2.26. The Labute approximate surface area is 117 Å². The number of carbonyl (C=O) groups excluding carboxylic acids is 1. The van der Waals surface area contributed by atoms with E-state index in [9.17, 15) is 9.59 Å². The minimum Gasteiger partial charge on any atom is -0.486 e. The van der Waals surface area contributed by atoms with E-state index in [0.29, 0.717) is 5.56 Å². The first-order chi connectivity index (χ1) is 9.60. The van der Waals surface area contributed by atoms with E-state index < -0.39 is 5.97 Å². The van der Waals surface area contributed by atoms with Crippen molar-refractivity contribution in [2.75, 3.05) is 25.0 Å². The lowest BCUT2D eigenvalue weighted by Crippen LogP contribution is -2.30. The number of Topliss-reactive ketones (excluding diaryl/α,β-unsaturated/α-hetero) is 1. The van der Waals surface area contributed by atoms with Crippen molar-refractivity contribution in [1.29, 1.82) is 0 Å². The van der Waals surface area contributed by atoms with Gasteiger partial charge in [0.05, 0.1) is 25.3 Å². The molecule has 1 aromatic rings. The molecule has 1 unspecified atom stereocenters. The Morgan fingerprint density at radius 2 is 2.25 bits per heavy atom. The Hall–Kier alpha value is -2.08. The summed E-state index contributed by atoms with van der Waals surface area (Å²) in [6, 6.07) is 5.21. The van der Waals surface area contributed by atoms with Gasteiger partial charge in [-0.1, -0.05) is 6.92 Å². The molecular formula is C14H18N2O4. The Kier molecular flexibility index (Phi) is 4.57. The maximum atomic E-state index is 11.9. The van der Waals surface area contributed by atoms with Crippen molar-refractivity contribution in [3.8, 4) is 5.75 Å². The van der Waals surface area contributed by atoms with Gasteiger partial charge in [-0.2, -0.15) is 0 Å². The number of benzene rings is 1. The average molecular weight is 278 g/mol. The largest absolute Gasteiger partial charge is 0.486 e. The predicted octanol–water partition coefficient (Wildman–Crippen LogP) is 1.13. The number of fused-ring (bicyclic) bond motifs is 1. The molecule has 108 valence electrons. The smallest absolute Gasteiger partial charge is 0.317 e. The minimum absolute atomic E-state index is 0.00350. The quantitative estimate of drug-likeness (QED) is 0.676. The fourth-order valence-corrected chi connectivity index (χ4v) is 2.00. The van der Waals surface area contributed by atoms with E-state index in [-0.39, 0.29) is 25.0 Å². The molecule has 0 spiro atoms. The topological polar surface area (TPSA) is 87.7 Å². The number of carboxylic acids is 1. The first-order valence-corrected chi connectivity index (χ1v) is 6.60. The molecule has 0 bridgehead atoms. The summed E-state index contributed by atoms with van der Waals surface area (Å²) in [5.74, 6) is -0.379. The van der Waals surface area contributed by atoms with Crippen LogP contribution in [0.4, 0.5) is 5.69 Å². The molecule has 6 nitrogen and oxygen atoms in total. The van der Waals surface area contributed by atoms with Crippen LogP contribution in [-0.4, -0.2) is 42.6 Å². The van der Waals surface area contributed by atoms with Crippen molar-refractivity contribution in [2.45, 2.75) is 19.4 Å². The molecule has 2 rings (SSSR count). The van der Waals surface area contributed by atoms with Crippen LogP contribution in [0.1, 0.15) is 23.7 Å². The number of hydrogen-bond donors (Lipinski definition) is 3. The van der Waals surface area contributed by atoms with Crippen molar-refractivity contribution in [3.05, 3.63) is 23.8 Å². The second kappa shape index (κ2) is 6.38. The summed E-state index contributed by atoms with van der Waals surface area (Å²) < 4.78 is 5.76. The monoisotopic (exact) mass is 278 g/mol. The minimum atomic E-state index is -0.982. The molecule has 0 radical (unpaired) electrons. The summed E-state index contributed by atoms with van der Waals surface area (Å²) in [5, 5.41) is 14.3. The zero-order valence-electron chi connectivity index (χ0n) is 11.3. The fraction of sp³-hybridized carbons (Fsp3) is 0.429. The average Bonchev–Trinajstić information content (AvgIpc) is 2.45. The zero-order chi connectivity index (χ0) is 14.5. The number of ether oxygens (including phenoxy) is 1. The van der Waals surface area contributed by atoms with E-state index in [1.54, 1.807) is 18.2 Å². The molecule has 1 heterocycles. The molecule has 0 saturated heterocycles. The predicted molar refractivity (Wildman–Crippen MR) is 74.5 cm³/mol. The van der Waals surface area contributed by atoms with Crippen LogP contribution in [0, 0.1) is 0 Å². The molecule has 1 aliphatic rings. The highest BCUT2D eigenvalue weighted by Crippen LogP contribution is 2.30. The van der Waals surface area contributed by atoms with Crippen molar-refractivity contribution < 1.29 is 19.4 Å². The van der Waals surface area contributed by atoms with Gasteiger partial charge in [-0.3, -0.25) is 14.9 Å². The van der Waals surface area contributed by atoms with Crippen molar-refractivity contribution in [3.63, 3.8) is 0 Å². The van der Waals surface area contributed by atoms with Crippen LogP contribution in [0.15, 0.2) is 18.2 Å². The summed E-state index contributed by atoms with van der Waals surface area (Å²) in [6.07, 6.45) is 1.08. The maximum absolute atomic E-state index is 11.9. The molecule has 6 heteroatoms. The molecule has 1 aromatic carbocycles. The van der Waals surface area contributed by atoms with Gasteiger partial charge in [-0.05, 0) is 24.6 Å². The highest BCUT2D eigenvalue weighted by Gasteiger charge is 2.19. The lowest BCUT2D eigenvalue weighted by molar-refractivity contribution is -0.135. The van der Waals surface area contributed by atoms with Crippen LogP contribution in [0.5, 0.6) is 5.75 Å². The second-order valence-corrected chi connectivity index (χ2v) is 4.66. The van der Waals surface area contributed by atoms with E-state index in [4.69, 9.17) is 9.84 Å². The Bertz CT molecular complexity index is 516. The molecule has 0 fully saturated rings. The highest BCUT2D eigenvalue weighted by atomic mass is 16.5. The normalized spacial score (nSPS) is 16.8. The van der Waals surface area contributed by atoms with Gasteiger partial charge in [-0.15, -0.1) is 0 Å². The third kappa shape index (κ3) is 3.48. The van der Waals surface area contributed by atoms with E-state index in [0.717, 1.165) is 24.4 Å². The number of ketones is 1. The number of aliphatic carboxylic acids is 1. The van der Waals surface area contributed by atoms with Crippen molar-refractivity contribution in [1.82, 2.24) is 5.32 Å². The van der Waals surface area contributed by atoms with Gasteiger partial charge in [0.25, 0.3) is 0 Å². The zero-order valence-corrected chi connectivity index (χ0v) is 11.3. The van der Waals surface area contributed by atoms with Gasteiger partial charge in [0.1, 0.15) is 11.9 Å². The molecule has 0 saturated carbocycles. The number of carbonyl (C=O) groups is 2. The SMILES string of the molecule is CCC1CNc2cc(C(=O)CNCC(=O)O)ccc2O1. The molecule has 0 amide bonds. The second-order valence-electron chi connectivity index (χ2n) is 4.66. The standard InChI is InChI=1S/C14H18N2O4/c1-2-10-6-16-11-5-9(3-4-13(11)20-10)12(17)7-15-8-14(18)19/h3-5,10,15-16H,2,6-8H2,1H3,(H,18,19). The number of rotatable bonds is 6. The van der Waals surface area contributed by atoms with Crippen LogP contribution in [0.3, 0.4) is 0 Å².